The van der Waals surface area contributed by atoms with Crippen LogP contribution in [0.4, 0.5) is 0 Å². The van der Waals surface area contributed by atoms with Crippen molar-refractivity contribution in [2.75, 3.05) is 26.9 Å². The highest BCUT2D eigenvalue weighted by Gasteiger charge is 2.20. The molecule has 0 bridgehead atoms. The Bertz CT molecular complexity index is 790. The first-order chi connectivity index (χ1) is 12.6. The molecular weight excluding hydrogens is 334 g/mol. The molecule has 26 heavy (non-hydrogen) atoms. The van der Waals surface area contributed by atoms with Gasteiger partial charge in [0.2, 0.25) is 0 Å². The van der Waals surface area contributed by atoms with E-state index < -0.39 is 5.97 Å². The molecule has 0 saturated heterocycles. The largest absolute Gasteiger partial charge is 0.486 e. The fourth-order valence-corrected chi connectivity index (χ4v) is 2.65. The van der Waals surface area contributed by atoms with Gasteiger partial charge in [0.25, 0.3) is 5.91 Å². The van der Waals surface area contributed by atoms with E-state index in [1.807, 2.05) is 37.3 Å². The van der Waals surface area contributed by atoms with E-state index in [9.17, 15) is 9.59 Å². The number of hydrogen-bond donors (Lipinski definition) is 0. The van der Waals surface area contributed by atoms with E-state index in [0.29, 0.717) is 30.3 Å². The summed E-state index contributed by atoms with van der Waals surface area (Å²) in [5, 5.41) is 0. The molecule has 0 radical (unpaired) electrons. The number of esters is 1. The van der Waals surface area contributed by atoms with Crippen molar-refractivity contribution in [1.82, 2.24) is 4.90 Å². The SMILES string of the molecule is CC(c1ccccc1)N(C)C(=O)COC(=O)c1ccc2c(c1)OCCO2. The van der Waals surface area contributed by atoms with Crippen LogP contribution in [-0.2, 0) is 9.53 Å². The van der Waals surface area contributed by atoms with E-state index in [2.05, 4.69) is 0 Å². The first-order valence-corrected chi connectivity index (χ1v) is 8.43. The topological polar surface area (TPSA) is 65.1 Å². The highest BCUT2D eigenvalue weighted by atomic mass is 16.6. The Kier molecular flexibility index (Phi) is 5.41. The van der Waals surface area contributed by atoms with Gasteiger partial charge in [-0.25, -0.2) is 4.79 Å². The van der Waals surface area contributed by atoms with Gasteiger partial charge in [-0.3, -0.25) is 4.79 Å². The zero-order valence-electron chi connectivity index (χ0n) is 14.8. The van der Waals surface area contributed by atoms with Gasteiger partial charge in [-0.2, -0.15) is 0 Å². The van der Waals surface area contributed by atoms with Crippen LogP contribution in [-0.4, -0.2) is 43.6 Å². The van der Waals surface area contributed by atoms with Gasteiger partial charge in [0.1, 0.15) is 13.2 Å². The van der Waals surface area contributed by atoms with Gasteiger partial charge in [0.15, 0.2) is 18.1 Å². The number of carbonyl (C=O) groups is 2. The maximum Gasteiger partial charge on any atom is 0.338 e. The zero-order chi connectivity index (χ0) is 18.5. The van der Waals surface area contributed by atoms with E-state index >= 15 is 0 Å². The fourth-order valence-electron chi connectivity index (χ4n) is 2.65. The van der Waals surface area contributed by atoms with Crippen molar-refractivity contribution in [2.24, 2.45) is 0 Å². The Hall–Kier alpha value is -3.02. The molecule has 3 rings (SSSR count). The second kappa shape index (κ2) is 7.91. The van der Waals surface area contributed by atoms with Crippen molar-refractivity contribution < 1.29 is 23.8 Å². The summed E-state index contributed by atoms with van der Waals surface area (Å²) in [7, 11) is 1.69. The second-order valence-electron chi connectivity index (χ2n) is 6.03. The molecule has 136 valence electrons. The van der Waals surface area contributed by atoms with E-state index in [-0.39, 0.29) is 18.6 Å². The lowest BCUT2D eigenvalue weighted by Crippen LogP contribution is -2.33. The molecule has 1 atom stereocenters. The van der Waals surface area contributed by atoms with Crippen LogP contribution in [0.2, 0.25) is 0 Å². The van der Waals surface area contributed by atoms with Crippen molar-refractivity contribution in [1.29, 1.82) is 0 Å². The maximum atomic E-state index is 12.3. The van der Waals surface area contributed by atoms with Gasteiger partial charge in [-0.1, -0.05) is 30.3 Å². The number of fused-ring (bicyclic) bond motifs is 1. The molecule has 1 heterocycles. The number of benzene rings is 2. The Morgan fingerprint density at radius 1 is 1.08 bits per heavy atom. The molecule has 1 amide bonds. The number of carbonyl (C=O) groups excluding carboxylic acids is 2. The number of ether oxygens (including phenoxy) is 3. The molecule has 2 aromatic carbocycles. The lowest BCUT2D eigenvalue weighted by molar-refractivity contribution is -0.135. The van der Waals surface area contributed by atoms with Crippen molar-refractivity contribution in [3.63, 3.8) is 0 Å². The van der Waals surface area contributed by atoms with Gasteiger partial charge in [0.05, 0.1) is 11.6 Å². The average Bonchev–Trinajstić information content (AvgIpc) is 2.70. The molecule has 6 heteroatoms. The Balaban J connectivity index is 1.58. The van der Waals surface area contributed by atoms with Gasteiger partial charge >= 0.3 is 5.97 Å². The van der Waals surface area contributed by atoms with Crippen molar-refractivity contribution in [2.45, 2.75) is 13.0 Å². The summed E-state index contributed by atoms with van der Waals surface area (Å²) in [6, 6.07) is 14.4. The minimum absolute atomic E-state index is 0.114. The van der Waals surface area contributed by atoms with Crippen LogP contribution in [0.25, 0.3) is 0 Å². The van der Waals surface area contributed by atoms with Crippen LogP contribution in [0.15, 0.2) is 48.5 Å². The lowest BCUT2D eigenvalue weighted by atomic mass is 10.1. The summed E-state index contributed by atoms with van der Waals surface area (Å²) < 4.78 is 16.0. The van der Waals surface area contributed by atoms with Gasteiger partial charge < -0.3 is 19.1 Å². The summed E-state index contributed by atoms with van der Waals surface area (Å²) in [5.41, 5.74) is 1.34. The van der Waals surface area contributed by atoms with E-state index in [1.165, 1.54) is 0 Å². The number of amides is 1. The zero-order valence-corrected chi connectivity index (χ0v) is 14.8. The number of likely N-dealkylation sites (N-methyl/N-ethyl adjacent to an activating group) is 1. The summed E-state index contributed by atoms with van der Waals surface area (Å²) in [4.78, 5) is 26.1. The first kappa shape index (κ1) is 17.8. The average molecular weight is 355 g/mol. The van der Waals surface area contributed by atoms with Crippen LogP contribution < -0.4 is 9.47 Å². The second-order valence-corrected chi connectivity index (χ2v) is 6.03. The summed E-state index contributed by atoms with van der Waals surface area (Å²) in [6.07, 6.45) is 0. The van der Waals surface area contributed by atoms with Crippen LogP contribution in [0.1, 0.15) is 28.9 Å². The lowest BCUT2D eigenvalue weighted by Gasteiger charge is -2.25. The molecule has 2 aromatic rings. The third-order valence-corrected chi connectivity index (χ3v) is 4.36. The van der Waals surface area contributed by atoms with Crippen LogP contribution >= 0.6 is 0 Å². The van der Waals surface area contributed by atoms with Crippen LogP contribution in [0, 0.1) is 0 Å². The summed E-state index contributed by atoms with van der Waals surface area (Å²) in [5.74, 6) is 0.260. The van der Waals surface area contributed by atoms with Crippen molar-refractivity contribution >= 4 is 11.9 Å². The highest BCUT2D eigenvalue weighted by molar-refractivity contribution is 5.92. The van der Waals surface area contributed by atoms with E-state index in [1.54, 1.807) is 30.1 Å². The molecule has 1 aliphatic heterocycles. The highest BCUT2D eigenvalue weighted by Crippen LogP contribution is 2.30. The predicted octanol–water partition coefficient (Wildman–Crippen LogP) is 2.83. The molecule has 1 aliphatic rings. The van der Waals surface area contributed by atoms with Gasteiger partial charge in [0, 0.05) is 7.05 Å². The Morgan fingerprint density at radius 3 is 2.50 bits per heavy atom. The predicted molar refractivity (Wildman–Crippen MR) is 95.3 cm³/mol. The summed E-state index contributed by atoms with van der Waals surface area (Å²) >= 11 is 0. The molecule has 0 saturated carbocycles. The molecule has 0 N–H and O–H groups in total. The molecule has 0 fully saturated rings. The standard InChI is InChI=1S/C20H21NO5/c1-14(15-6-4-3-5-7-15)21(2)19(22)13-26-20(23)16-8-9-17-18(12-16)25-11-10-24-17/h3-9,12,14H,10-11,13H2,1-2H3. The van der Waals surface area contributed by atoms with Crippen molar-refractivity contribution in [3.05, 3.63) is 59.7 Å². The minimum atomic E-state index is -0.573. The van der Waals surface area contributed by atoms with Gasteiger partial charge in [-0.05, 0) is 30.7 Å². The maximum absolute atomic E-state index is 12.3. The monoisotopic (exact) mass is 355 g/mol. The molecular formula is C20H21NO5. The van der Waals surface area contributed by atoms with Crippen LogP contribution in [0.5, 0.6) is 11.5 Å². The first-order valence-electron chi connectivity index (χ1n) is 8.43. The third kappa shape index (κ3) is 3.96. The fraction of sp³-hybridized carbons (Fsp3) is 0.300. The Morgan fingerprint density at radius 2 is 1.77 bits per heavy atom. The number of nitrogens with zero attached hydrogens (tertiary/aromatic N) is 1. The van der Waals surface area contributed by atoms with Gasteiger partial charge in [-0.15, -0.1) is 0 Å². The molecule has 0 aromatic heterocycles. The van der Waals surface area contributed by atoms with E-state index in [4.69, 9.17) is 14.2 Å². The number of hydrogen-bond acceptors (Lipinski definition) is 5. The van der Waals surface area contributed by atoms with E-state index in [0.717, 1.165) is 5.56 Å². The Labute approximate surface area is 152 Å². The third-order valence-electron chi connectivity index (χ3n) is 4.36. The van der Waals surface area contributed by atoms with Crippen molar-refractivity contribution in [3.8, 4) is 11.5 Å². The minimum Gasteiger partial charge on any atom is -0.486 e. The quantitative estimate of drug-likeness (QED) is 0.772. The molecule has 6 nitrogen and oxygen atoms in total. The molecule has 0 spiro atoms. The molecule has 1 unspecified atom stereocenters. The van der Waals surface area contributed by atoms with Crippen LogP contribution in [0.3, 0.4) is 0 Å². The molecule has 0 aliphatic carbocycles. The normalized spacial score (nSPS) is 13.6. The number of rotatable bonds is 5. The summed E-state index contributed by atoms with van der Waals surface area (Å²) in [6.45, 7) is 2.53. The smallest absolute Gasteiger partial charge is 0.338 e.